The van der Waals surface area contributed by atoms with Gasteiger partial charge in [-0.15, -0.1) is 0 Å². The van der Waals surface area contributed by atoms with E-state index < -0.39 is 10.0 Å². The van der Waals surface area contributed by atoms with Crippen molar-refractivity contribution in [1.29, 1.82) is 0 Å². The Morgan fingerprint density at radius 3 is 2.73 bits per heavy atom. The van der Waals surface area contributed by atoms with E-state index in [0.29, 0.717) is 6.42 Å². The van der Waals surface area contributed by atoms with Crippen LogP contribution in [0.1, 0.15) is 19.3 Å². The van der Waals surface area contributed by atoms with Crippen LogP contribution in [0.15, 0.2) is 0 Å². The first-order valence-electron chi connectivity index (χ1n) is 3.70. The first-order valence-corrected chi connectivity index (χ1v) is 5.41. The lowest BCUT2D eigenvalue weighted by Gasteiger charge is -2.06. The largest absolute Gasteiger partial charge is 0.378 e. The monoisotopic (exact) mass is 179 g/mol. The van der Waals surface area contributed by atoms with Crippen molar-refractivity contribution in [3.63, 3.8) is 0 Å². The van der Waals surface area contributed by atoms with E-state index in [2.05, 4.69) is 0 Å². The summed E-state index contributed by atoms with van der Waals surface area (Å²) < 4.78 is 26.2. The Labute approximate surface area is 66.8 Å². The van der Waals surface area contributed by atoms with E-state index in [4.69, 9.17) is 9.88 Å². The summed E-state index contributed by atoms with van der Waals surface area (Å²) in [6, 6.07) is 0. The first kappa shape index (κ1) is 8.96. The molecule has 1 unspecified atom stereocenters. The van der Waals surface area contributed by atoms with E-state index in [1.54, 1.807) is 0 Å². The molecule has 0 aromatic heterocycles. The molecule has 1 heterocycles. The standard InChI is InChI=1S/C6H13NO3S/c7-11(8,9)5-3-6-2-1-4-10-6/h6H,1-5H2,(H2,7,8,9). The lowest BCUT2D eigenvalue weighted by molar-refractivity contribution is 0.109. The number of primary sulfonamides is 1. The minimum Gasteiger partial charge on any atom is -0.378 e. The molecule has 1 aliphatic rings. The lowest BCUT2D eigenvalue weighted by Crippen LogP contribution is -2.20. The van der Waals surface area contributed by atoms with Crippen LogP contribution in [0, 0.1) is 0 Å². The van der Waals surface area contributed by atoms with Crippen molar-refractivity contribution in [3.05, 3.63) is 0 Å². The molecule has 0 radical (unpaired) electrons. The van der Waals surface area contributed by atoms with Crippen molar-refractivity contribution in [2.75, 3.05) is 12.4 Å². The highest BCUT2D eigenvalue weighted by molar-refractivity contribution is 7.89. The van der Waals surface area contributed by atoms with E-state index in [1.807, 2.05) is 0 Å². The van der Waals surface area contributed by atoms with Gasteiger partial charge in [-0.1, -0.05) is 0 Å². The molecule has 0 amide bonds. The third kappa shape index (κ3) is 3.69. The van der Waals surface area contributed by atoms with Gasteiger partial charge in [0.25, 0.3) is 0 Å². The van der Waals surface area contributed by atoms with E-state index in [-0.39, 0.29) is 11.9 Å². The lowest BCUT2D eigenvalue weighted by atomic mass is 10.2. The second-order valence-electron chi connectivity index (χ2n) is 2.79. The second-order valence-corrected chi connectivity index (χ2v) is 4.52. The molecule has 0 aromatic carbocycles. The Balaban J connectivity index is 2.22. The molecular weight excluding hydrogens is 166 g/mol. The number of nitrogens with two attached hydrogens (primary N) is 1. The maximum absolute atomic E-state index is 10.5. The molecule has 0 bridgehead atoms. The molecule has 1 atom stereocenters. The number of hydrogen-bond acceptors (Lipinski definition) is 3. The van der Waals surface area contributed by atoms with Crippen LogP contribution >= 0.6 is 0 Å². The van der Waals surface area contributed by atoms with Gasteiger partial charge in [-0.25, -0.2) is 13.6 Å². The van der Waals surface area contributed by atoms with Crippen LogP contribution in [0.5, 0.6) is 0 Å². The van der Waals surface area contributed by atoms with Crippen molar-refractivity contribution >= 4 is 10.0 Å². The summed E-state index contributed by atoms with van der Waals surface area (Å²) in [5.74, 6) is 0.0394. The average Bonchev–Trinajstić information content (AvgIpc) is 2.32. The van der Waals surface area contributed by atoms with E-state index in [1.165, 1.54) is 0 Å². The molecule has 0 spiro atoms. The molecule has 0 aliphatic carbocycles. The summed E-state index contributed by atoms with van der Waals surface area (Å²) in [5.41, 5.74) is 0. The van der Waals surface area contributed by atoms with Crippen molar-refractivity contribution in [3.8, 4) is 0 Å². The Hall–Kier alpha value is -0.130. The van der Waals surface area contributed by atoms with Crippen molar-refractivity contribution < 1.29 is 13.2 Å². The van der Waals surface area contributed by atoms with Crippen LogP contribution in [0.25, 0.3) is 0 Å². The molecule has 1 saturated heterocycles. The SMILES string of the molecule is NS(=O)(=O)CCC1CCCO1. The summed E-state index contributed by atoms with van der Waals surface area (Å²) >= 11 is 0. The van der Waals surface area contributed by atoms with Gasteiger partial charge >= 0.3 is 0 Å². The molecule has 1 rings (SSSR count). The van der Waals surface area contributed by atoms with Gasteiger partial charge in [-0.05, 0) is 19.3 Å². The molecule has 5 heteroatoms. The molecule has 2 N–H and O–H groups in total. The van der Waals surface area contributed by atoms with Gasteiger partial charge in [-0.3, -0.25) is 0 Å². The predicted octanol–water partition coefficient (Wildman–Crippen LogP) is -0.156. The number of ether oxygens (including phenoxy) is 1. The fourth-order valence-electron chi connectivity index (χ4n) is 1.17. The Morgan fingerprint density at radius 2 is 2.27 bits per heavy atom. The van der Waals surface area contributed by atoms with E-state index in [0.717, 1.165) is 19.4 Å². The average molecular weight is 179 g/mol. The van der Waals surface area contributed by atoms with Crippen LogP contribution in [-0.4, -0.2) is 26.9 Å². The van der Waals surface area contributed by atoms with E-state index >= 15 is 0 Å². The highest BCUT2D eigenvalue weighted by Gasteiger charge is 2.17. The van der Waals surface area contributed by atoms with Crippen molar-refractivity contribution in [1.82, 2.24) is 0 Å². The molecular formula is C6H13NO3S. The normalized spacial score (nSPS) is 25.7. The maximum atomic E-state index is 10.5. The van der Waals surface area contributed by atoms with Crippen LogP contribution in [0.3, 0.4) is 0 Å². The topological polar surface area (TPSA) is 69.4 Å². The molecule has 0 saturated carbocycles. The smallest absolute Gasteiger partial charge is 0.209 e. The molecule has 1 fully saturated rings. The zero-order valence-electron chi connectivity index (χ0n) is 6.32. The van der Waals surface area contributed by atoms with Crippen LogP contribution < -0.4 is 5.14 Å². The van der Waals surface area contributed by atoms with Crippen molar-refractivity contribution in [2.45, 2.75) is 25.4 Å². The summed E-state index contributed by atoms with van der Waals surface area (Å²) in [6.45, 7) is 0.759. The quantitative estimate of drug-likeness (QED) is 0.654. The first-order chi connectivity index (χ1) is 5.08. The van der Waals surface area contributed by atoms with Gasteiger partial charge < -0.3 is 4.74 Å². The summed E-state index contributed by atoms with van der Waals surface area (Å²) in [4.78, 5) is 0. The van der Waals surface area contributed by atoms with Gasteiger partial charge in [0.2, 0.25) is 10.0 Å². The van der Waals surface area contributed by atoms with Crippen molar-refractivity contribution in [2.24, 2.45) is 5.14 Å². The minimum absolute atomic E-state index is 0.0394. The zero-order chi connectivity index (χ0) is 8.32. The van der Waals surface area contributed by atoms with E-state index in [9.17, 15) is 8.42 Å². The third-order valence-electron chi connectivity index (χ3n) is 1.75. The fraction of sp³-hybridized carbons (Fsp3) is 1.00. The van der Waals surface area contributed by atoms with Gasteiger partial charge in [0.15, 0.2) is 0 Å². The van der Waals surface area contributed by atoms with Crippen LogP contribution in [0.2, 0.25) is 0 Å². The number of hydrogen-bond donors (Lipinski definition) is 1. The van der Waals surface area contributed by atoms with Gasteiger partial charge in [0, 0.05) is 6.61 Å². The fourth-order valence-corrected chi connectivity index (χ4v) is 1.76. The molecule has 11 heavy (non-hydrogen) atoms. The molecule has 66 valence electrons. The predicted molar refractivity (Wildman–Crippen MR) is 41.6 cm³/mol. The molecule has 4 nitrogen and oxygen atoms in total. The third-order valence-corrected chi connectivity index (χ3v) is 2.55. The van der Waals surface area contributed by atoms with Gasteiger partial charge in [0.1, 0.15) is 0 Å². The highest BCUT2D eigenvalue weighted by atomic mass is 32.2. The Kier molecular flexibility index (Phi) is 2.86. The summed E-state index contributed by atoms with van der Waals surface area (Å²) in [7, 11) is -3.29. The second kappa shape index (κ2) is 3.51. The van der Waals surface area contributed by atoms with Gasteiger partial charge in [-0.2, -0.15) is 0 Å². The van der Waals surface area contributed by atoms with Crippen LogP contribution in [-0.2, 0) is 14.8 Å². The molecule has 1 aliphatic heterocycles. The Morgan fingerprint density at radius 1 is 1.55 bits per heavy atom. The van der Waals surface area contributed by atoms with Gasteiger partial charge in [0.05, 0.1) is 11.9 Å². The Bertz CT molecular complexity index is 206. The highest BCUT2D eigenvalue weighted by Crippen LogP contribution is 2.15. The number of rotatable bonds is 3. The summed E-state index contributed by atoms with van der Waals surface area (Å²) in [5, 5.41) is 4.83. The minimum atomic E-state index is -3.29. The zero-order valence-corrected chi connectivity index (χ0v) is 7.14. The maximum Gasteiger partial charge on any atom is 0.209 e. The van der Waals surface area contributed by atoms with Crippen LogP contribution in [0.4, 0.5) is 0 Å². The number of sulfonamides is 1. The molecule has 0 aromatic rings. The summed E-state index contributed by atoms with van der Waals surface area (Å²) in [6.07, 6.45) is 2.66.